The van der Waals surface area contributed by atoms with Crippen LogP contribution in [-0.4, -0.2) is 40.9 Å². The van der Waals surface area contributed by atoms with Crippen molar-refractivity contribution >= 4 is 23.4 Å². The number of aromatic nitrogens is 1. The number of nitrogens with zero attached hydrogens (tertiary/aromatic N) is 2. The van der Waals surface area contributed by atoms with Crippen molar-refractivity contribution in [3.05, 3.63) is 59.4 Å². The van der Waals surface area contributed by atoms with Crippen molar-refractivity contribution in [2.24, 2.45) is 0 Å². The first-order chi connectivity index (χ1) is 12.6. The molecule has 0 spiro atoms. The Hall–Kier alpha value is -2.60. The van der Waals surface area contributed by atoms with Gasteiger partial charge in [0.05, 0.1) is 0 Å². The van der Waals surface area contributed by atoms with E-state index in [4.69, 9.17) is 16.3 Å². The predicted octanol–water partition coefficient (Wildman–Crippen LogP) is 2.42. The third-order valence-electron chi connectivity index (χ3n) is 4.13. The number of benzene rings is 1. The van der Waals surface area contributed by atoms with E-state index >= 15 is 0 Å². The highest BCUT2D eigenvalue weighted by molar-refractivity contribution is 6.30. The molecule has 2 heterocycles. The summed E-state index contributed by atoms with van der Waals surface area (Å²) in [4.78, 5) is 29.9. The average Bonchev–Trinajstić information content (AvgIpc) is 3.05. The van der Waals surface area contributed by atoms with Crippen LogP contribution in [0, 0.1) is 0 Å². The first-order valence-corrected chi connectivity index (χ1v) is 8.82. The second-order valence-corrected chi connectivity index (χ2v) is 6.62. The van der Waals surface area contributed by atoms with Gasteiger partial charge in [-0.2, -0.15) is 0 Å². The number of hydrogen-bond donors (Lipinski definition) is 1. The fourth-order valence-electron chi connectivity index (χ4n) is 2.84. The zero-order chi connectivity index (χ0) is 18.4. The van der Waals surface area contributed by atoms with Crippen molar-refractivity contribution in [1.29, 1.82) is 0 Å². The Kier molecular flexibility index (Phi) is 6.07. The van der Waals surface area contributed by atoms with E-state index in [9.17, 15) is 9.59 Å². The van der Waals surface area contributed by atoms with Gasteiger partial charge in [0.2, 0.25) is 5.91 Å². The fourth-order valence-corrected chi connectivity index (χ4v) is 3.02. The van der Waals surface area contributed by atoms with Gasteiger partial charge in [-0.15, -0.1) is 0 Å². The summed E-state index contributed by atoms with van der Waals surface area (Å²) in [5, 5.41) is 3.45. The quantitative estimate of drug-likeness (QED) is 0.809. The van der Waals surface area contributed by atoms with Crippen molar-refractivity contribution in [3.8, 4) is 5.75 Å². The van der Waals surface area contributed by atoms with Crippen LogP contribution in [-0.2, 0) is 16.1 Å². The first kappa shape index (κ1) is 18.2. The number of amides is 2. The molecule has 1 atom stereocenters. The van der Waals surface area contributed by atoms with E-state index in [0.29, 0.717) is 30.3 Å². The molecule has 0 saturated carbocycles. The van der Waals surface area contributed by atoms with Crippen LogP contribution < -0.4 is 10.1 Å². The Bertz CT molecular complexity index is 770. The molecule has 1 aromatic heterocycles. The normalized spacial score (nSPS) is 16.2. The van der Waals surface area contributed by atoms with Gasteiger partial charge in [-0.25, -0.2) is 0 Å². The minimum Gasteiger partial charge on any atom is -0.484 e. The van der Waals surface area contributed by atoms with Crippen LogP contribution in [0.5, 0.6) is 5.75 Å². The Morgan fingerprint density at radius 1 is 1.35 bits per heavy atom. The summed E-state index contributed by atoms with van der Waals surface area (Å²) in [7, 11) is 0. The summed E-state index contributed by atoms with van der Waals surface area (Å²) in [6.45, 7) is 0.762. The van der Waals surface area contributed by atoms with Gasteiger partial charge in [-0.1, -0.05) is 23.7 Å². The highest BCUT2D eigenvalue weighted by atomic mass is 35.5. The van der Waals surface area contributed by atoms with Gasteiger partial charge in [0.15, 0.2) is 6.61 Å². The number of rotatable bonds is 7. The molecule has 7 heteroatoms. The molecule has 2 aromatic rings. The first-order valence-electron chi connectivity index (χ1n) is 8.44. The summed E-state index contributed by atoms with van der Waals surface area (Å²) in [5.74, 6) is 0.412. The molecule has 1 N–H and O–H groups in total. The Balaban J connectivity index is 1.64. The second-order valence-electron chi connectivity index (χ2n) is 6.18. The predicted molar refractivity (Wildman–Crippen MR) is 97.8 cm³/mol. The van der Waals surface area contributed by atoms with Crippen molar-refractivity contribution in [3.63, 3.8) is 0 Å². The van der Waals surface area contributed by atoms with E-state index < -0.39 is 0 Å². The third kappa shape index (κ3) is 5.20. The minimum atomic E-state index is -0.157. The number of carbonyl (C=O) groups excluding carboxylic acids is 2. The van der Waals surface area contributed by atoms with Crippen LogP contribution in [0.15, 0.2) is 48.8 Å². The lowest BCUT2D eigenvalue weighted by atomic mass is 10.2. The van der Waals surface area contributed by atoms with E-state index in [-0.39, 0.29) is 24.5 Å². The van der Waals surface area contributed by atoms with Crippen molar-refractivity contribution in [2.75, 3.05) is 13.2 Å². The maximum atomic E-state index is 12.7. The van der Waals surface area contributed by atoms with Gasteiger partial charge in [0.25, 0.3) is 5.91 Å². The summed E-state index contributed by atoms with van der Waals surface area (Å²) in [5.41, 5.74) is 0.924. The molecule has 0 bridgehead atoms. The van der Waals surface area contributed by atoms with Crippen molar-refractivity contribution in [2.45, 2.75) is 25.4 Å². The monoisotopic (exact) mass is 373 g/mol. The maximum absolute atomic E-state index is 12.7. The summed E-state index contributed by atoms with van der Waals surface area (Å²) >= 11 is 5.93. The number of hydrogen-bond acceptors (Lipinski definition) is 4. The Labute approximate surface area is 157 Å². The number of halogens is 1. The van der Waals surface area contributed by atoms with Crippen LogP contribution in [0.25, 0.3) is 0 Å². The summed E-state index contributed by atoms with van der Waals surface area (Å²) in [6, 6.07) is 10.6. The van der Waals surface area contributed by atoms with Crippen LogP contribution in [0.2, 0.25) is 5.02 Å². The molecule has 1 aromatic carbocycles. The number of carbonyl (C=O) groups is 2. The smallest absolute Gasteiger partial charge is 0.260 e. The van der Waals surface area contributed by atoms with Gasteiger partial charge in [0, 0.05) is 43.0 Å². The van der Waals surface area contributed by atoms with E-state index in [1.165, 1.54) is 0 Å². The molecule has 136 valence electrons. The van der Waals surface area contributed by atoms with E-state index in [0.717, 1.165) is 12.0 Å². The van der Waals surface area contributed by atoms with Gasteiger partial charge in [-0.05, 0) is 36.2 Å². The van der Waals surface area contributed by atoms with Gasteiger partial charge in [-0.3, -0.25) is 14.6 Å². The molecule has 0 radical (unpaired) electrons. The topological polar surface area (TPSA) is 71.5 Å². The van der Waals surface area contributed by atoms with Gasteiger partial charge >= 0.3 is 0 Å². The SMILES string of the molecule is O=C1CC[C@@H](CN(Cc2cccnc2)C(=O)COc2cccc(Cl)c2)N1. The number of nitrogens with one attached hydrogen (secondary N) is 1. The molecular formula is C19H20ClN3O3. The zero-order valence-corrected chi connectivity index (χ0v) is 15.0. The molecule has 1 fully saturated rings. The van der Waals surface area contributed by atoms with Crippen LogP contribution >= 0.6 is 11.6 Å². The highest BCUT2D eigenvalue weighted by Crippen LogP contribution is 2.17. The molecule has 1 aliphatic heterocycles. The molecule has 1 saturated heterocycles. The van der Waals surface area contributed by atoms with E-state index in [1.54, 1.807) is 41.6 Å². The molecular weight excluding hydrogens is 354 g/mol. The molecule has 1 aliphatic rings. The Morgan fingerprint density at radius 2 is 2.23 bits per heavy atom. The largest absolute Gasteiger partial charge is 0.484 e. The fraction of sp³-hybridized carbons (Fsp3) is 0.316. The van der Waals surface area contributed by atoms with Gasteiger partial charge in [0.1, 0.15) is 5.75 Å². The van der Waals surface area contributed by atoms with E-state index in [2.05, 4.69) is 10.3 Å². The lowest BCUT2D eigenvalue weighted by Gasteiger charge is -2.26. The lowest BCUT2D eigenvalue weighted by molar-refractivity contribution is -0.134. The summed E-state index contributed by atoms with van der Waals surface area (Å²) in [6.07, 6.45) is 4.64. The zero-order valence-electron chi connectivity index (χ0n) is 14.2. The van der Waals surface area contributed by atoms with Crippen molar-refractivity contribution < 1.29 is 14.3 Å². The minimum absolute atomic E-state index is 0.0268. The lowest BCUT2D eigenvalue weighted by Crippen LogP contribution is -2.43. The molecule has 6 nitrogen and oxygen atoms in total. The molecule has 3 rings (SSSR count). The molecule has 26 heavy (non-hydrogen) atoms. The van der Waals surface area contributed by atoms with Gasteiger partial charge < -0.3 is 15.0 Å². The average molecular weight is 374 g/mol. The summed E-state index contributed by atoms with van der Waals surface area (Å²) < 4.78 is 5.57. The highest BCUT2D eigenvalue weighted by Gasteiger charge is 2.25. The van der Waals surface area contributed by atoms with Crippen LogP contribution in [0.3, 0.4) is 0 Å². The number of ether oxygens (including phenoxy) is 1. The van der Waals surface area contributed by atoms with E-state index in [1.807, 2.05) is 12.1 Å². The maximum Gasteiger partial charge on any atom is 0.260 e. The number of pyridine rings is 1. The third-order valence-corrected chi connectivity index (χ3v) is 4.37. The standard InChI is InChI=1S/C19H20ClN3O3/c20-15-4-1-5-17(9-15)26-13-19(25)23(11-14-3-2-8-21-10-14)12-16-6-7-18(24)22-16/h1-5,8-10,16H,6-7,11-13H2,(H,22,24)/t16-/m0/s1. The molecule has 0 aliphatic carbocycles. The molecule has 2 amide bonds. The Morgan fingerprint density at radius 3 is 2.92 bits per heavy atom. The van der Waals surface area contributed by atoms with Crippen molar-refractivity contribution in [1.82, 2.24) is 15.2 Å². The van der Waals surface area contributed by atoms with Crippen LogP contribution in [0.4, 0.5) is 0 Å². The van der Waals surface area contributed by atoms with Crippen LogP contribution in [0.1, 0.15) is 18.4 Å². The second kappa shape index (κ2) is 8.67. The molecule has 0 unspecified atom stereocenters.